The molecule has 0 aliphatic heterocycles. The van der Waals surface area contributed by atoms with Crippen LogP contribution in [0.15, 0.2) is 36.5 Å². The number of nitro groups is 1. The number of rotatable bonds is 5. The van der Waals surface area contributed by atoms with Gasteiger partial charge in [0.25, 0.3) is 5.88 Å². The number of hydrogen-bond acceptors (Lipinski definition) is 6. The van der Waals surface area contributed by atoms with Crippen LogP contribution in [0.3, 0.4) is 0 Å². The van der Waals surface area contributed by atoms with E-state index in [0.717, 1.165) is 18.2 Å². The van der Waals surface area contributed by atoms with Gasteiger partial charge in [0, 0.05) is 18.3 Å². The highest BCUT2D eigenvalue weighted by molar-refractivity contribution is 5.88. The zero-order valence-electron chi connectivity index (χ0n) is 10.8. The fourth-order valence-electron chi connectivity index (χ4n) is 1.59. The highest BCUT2D eigenvalue weighted by Crippen LogP contribution is 2.35. The number of aromatic nitrogens is 1. The molecule has 1 heterocycles. The minimum Gasteiger partial charge on any atom is -0.491 e. The number of carboxylic acids is 1. The first kappa shape index (κ1) is 14.3. The lowest BCUT2D eigenvalue weighted by molar-refractivity contribution is -0.385. The maximum atomic E-state index is 11.0. The summed E-state index contributed by atoms with van der Waals surface area (Å²) in [5, 5.41) is 19.9. The van der Waals surface area contributed by atoms with Crippen molar-refractivity contribution in [1.29, 1.82) is 0 Å². The van der Waals surface area contributed by atoms with Crippen molar-refractivity contribution >= 4 is 11.7 Å². The van der Waals surface area contributed by atoms with E-state index in [0.29, 0.717) is 0 Å². The molecule has 1 aromatic heterocycles. The van der Waals surface area contributed by atoms with Crippen LogP contribution in [0.25, 0.3) is 0 Å². The minimum absolute atomic E-state index is 0.00522. The van der Waals surface area contributed by atoms with Crippen LogP contribution in [0.2, 0.25) is 0 Å². The summed E-state index contributed by atoms with van der Waals surface area (Å²) in [6.07, 6.45) is 1.42. The Morgan fingerprint density at radius 1 is 1.33 bits per heavy atom. The van der Waals surface area contributed by atoms with Gasteiger partial charge >= 0.3 is 11.7 Å². The molecule has 0 fully saturated rings. The third-order valence-electron chi connectivity index (χ3n) is 2.57. The SMILES string of the molecule is COc1cccnc1Oc1cc(C(=O)O)ccc1[N+](=O)[O-]. The van der Waals surface area contributed by atoms with Crippen molar-refractivity contribution in [3.05, 3.63) is 52.2 Å². The highest BCUT2D eigenvalue weighted by atomic mass is 16.6. The summed E-state index contributed by atoms with van der Waals surface area (Å²) in [4.78, 5) is 25.2. The van der Waals surface area contributed by atoms with Crippen LogP contribution in [0.1, 0.15) is 10.4 Å². The molecule has 21 heavy (non-hydrogen) atoms. The van der Waals surface area contributed by atoms with Crippen molar-refractivity contribution in [2.24, 2.45) is 0 Å². The van der Waals surface area contributed by atoms with Gasteiger partial charge in [0.05, 0.1) is 17.6 Å². The molecule has 0 atom stereocenters. The van der Waals surface area contributed by atoms with Gasteiger partial charge in [-0.3, -0.25) is 10.1 Å². The maximum absolute atomic E-state index is 11.0. The summed E-state index contributed by atoms with van der Waals surface area (Å²) < 4.78 is 10.4. The van der Waals surface area contributed by atoms with E-state index >= 15 is 0 Å². The fraction of sp³-hybridized carbons (Fsp3) is 0.0769. The van der Waals surface area contributed by atoms with Crippen LogP contribution in [0.4, 0.5) is 5.69 Å². The first-order chi connectivity index (χ1) is 10.0. The summed E-state index contributed by atoms with van der Waals surface area (Å²) in [5.74, 6) is -1.17. The second-order valence-electron chi connectivity index (χ2n) is 3.86. The maximum Gasteiger partial charge on any atom is 0.335 e. The van der Waals surface area contributed by atoms with Crippen LogP contribution >= 0.6 is 0 Å². The van der Waals surface area contributed by atoms with Gasteiger partial charge in [-0.25, -0.2) is 9.78 Å². The lowest BCUT2D eigenvalue weighted by Gasteiger charge is -2.09. The number of nitrogens with zero attached hydrogens (tertiary/aromatic N) is 2. The molecule has 108 valence electrons. The fourth-order valence-corrected chi connectivity index (χ4v) is 1.59. The largest absolute Gasteiger partial charge is 0.491 e. The molecular weight excluding hydrogens is 280 g/mol. The number of methoxy groups -OCH3 is 1. The molecule has 1 aromatic carbocycles. The van der Waals surface area contributed by atoms with Crippen LogP contribution in [-0.2, 0) is 0 Å². The average molecular weight is 290 g/mol. The molecule has 0 bridgehead atoms. The van der Waals surface area contributed by atoms with E-state index < -0.39 is 10.9 Å². The Morgan fingerprint density at radius 3 is 2.71 bits per heavy atom. The van der Waals surface area contributed by atoms with Gasteiger partial charge in [-0.1, -0.05) is 0 Å². The number of nitro benzene ring substituents is 1. The summed E-state index contributed by atoms with van der Waals surface area (Å²) in [6, 6.07) is 6.43. The number of aromatic carboxylic acids is 1. The lowest BCUT2D eigenvalue weighted by atomic mass is 10.2. The van der Waals surface area contributed by atoms with Gasteiger partial charge in [-0.05, 0) is 18.2 Å². The molecule has 0 saturated carbocycles. The Balaban J connectivity index is 2.48. The zero-order chi connectivity index (χ0) is 15.4. The Hall–Kier alpha value is -3.16. The van der Waals surface area contributed by atoms with E-state index in [4.69, 9.17) is 14.6 Å². The molecule has 0 radical (unpaired) electrons. The van der Waals surface area contributed by atoms with Gasteiger partial charge < -0.3 is 14.6 Å². The molecule has 0 saturated heterocycles. The van der Waals surface area contributed by atoms with Crippen molar-refractivity contribution < 1.29 is 24.3 Å². The van der Waals surface area contributed by atoms with E-state index in [1.807, 2.05) is 0 Å². The molecule has 2 rings (SSSR count). The molecule has 2 aromatic rings. The Morgan fingerprint density at radius 2 is 2.10 bits per heavy atom. The van der Waals surface area contributed by atoms with E-state index in [9.17, 15) is 14.9 Å². The Labute approximate surface area is 118 Å². The second-order valence-corrected chi connectivity index (χ2v) is 3.86. The van der Waals surface area contributed by atoms with Crippen molar-refractivity contribution in [2.75, 3.05) is 7.11 Å². The predicted molar refractivity (Wildman–Crippen MR) is 70.9 cm³/mol. The van der Waals surface area contributed by atoms with E-state index in [1.165, 1.54) is 13.3 Å². The third-order valence-corrected chi connectivity index (χ3v) is 2.57. The number of pyridine rings is 1. The van der Waals surface area contributed by atoms with Gasteiger partial charge in [0.15, 0.2) is 5.75 Å². The monoisotopic (exact) mass is 290 g/mol. The van der Waals surface area contributed by atoms with E-state index in [1.54, 1.807) is 12.1 Å². The Kier molecular flexibility index (Phi) is 3.98. The van der Waals surface area contributed by atoms with Gasteiger partial charge in [-0.15, -0.1) is 0 Å². The van der Waals surface area contributed by atoms with Gasteiger partial charge in [0.1, 0.15) is 0 Å². The average Bonchev–Trinajstić information content (AvgIpc) is 2.47. The van der Waals surface area contributed by atoms with Gasteiger partial charge in [-0.2, -0.15) is 0 Å². The zero-order valence-corrected chi connectivity index (χ0v) is 10.8. The Bertz CT molecular complexity index is 701. The van der Waals surface area contributed by atoms with E-state index in [2.05, 4.69) is 4.98 Å². The van der Waals surface area contributed by atoms with Crippen molar-refractivity contribution in [3.8, 4) is 17.4 Å². The number of ether oxygens (including phenoxy) is 2. The number of carboxylic acid groups (broad SMARTS) is 1. The molecule has 0 unspecified atom stereocenters. The van der Waals surface area contributed by atoms with E-state index in [-0.39, 0.29) is 28.6 Å². The predicted octanol–water partition coefficient (Wildman–Crippen LogP) is 2.49. The van der Waals surface area contributed by atoms with Crippen molar-refractivity contribution in [3.63, 3.8) is 0 Å². The first-order valence-corrected chi connectivity index (χ1v) is 5.71. The van der Waals surface area contributed by atoms with Crippen LogP contribution in [-0.4, -0.2) is 28.1 Å². The van der Waals surface area contributed by atoms with Crippen LogP contribution in [0, 0.1) is 10.1 Å². The van der Waals surface area contributed by atoms with Crippen LogP contribution < -0.4 is 9.47 Å². The first-order valence-electron chi connectivity index (χ1n) is 5.71. The molecular formula is C13H10N2O6. The summed E-state index contributed by atoms with van der Waals surface area (Å²) in [6.45, 7) is 0. The summed E-state index contributed by atoms with van der Waals surface area (Å²) >= 11 is 0. The molecule has 1 N–H and O–H groups in total. The number of benzene rings is 1. The van der Waals surface area contributed by atoms with Gasteiger partial charge in [0.2, 0.25) is 5.75 Å². The van der Waals surface area contributed by atoms with Crippen molar-refractivity contribution in [2.45, 2.75) is 0 Å². The minimum atomic E-state index is -1.22. The molecule has 0 aliphatic carbocycles. The third kappa shape index (κ3) is 3.06. The standard InChI is InChI=1S/C13H10N2O6/c1-20-10-3-2-6-14-12(10)21-11-7-8(13(16)17)4-5-9(11)15(18)19/h2-7H,1H3,(H,16,17). The molecule has 8 nitrogen and oxygen atoms in total. The number of hydrogen-bond donors (Lipinski definition) is 1. The van der Waals surface area contributed by atoms with Crippen molar-refractivity contribution in [1.82, 2.24) is 4.98 Å². The summed E-state index contributed by atoms with van der Waals surface area (Å²) in [5.41, 5.74) is -0.502. The molecule has 0 spiro atoms. The highest BCUT2D eigenvalue weighted by Gasteiger charge is 2.20. The van der Waals surface area contributed by atoms with Crippen LogP contribution in [0.5, 0.6) is 17.4 Å². The number of carbonyl (C=O) groups is 1. The summed E-state index contributed by atoms with van der Waals surface area (Å²) in [7, 11) is 1.39. The smallest absolute Gasteiger partial charge is 0.335 e. The second kappa shape index (κ2) is 5.87. The quantitative estimate of drug-likeness (QED) is 0.664. The normalized spacial score (nSPS) is 9.95. The topological polar surface area (TPSA) is 112 Å². The lowest BCUT2D eigenvalue weighted by Crippen LogP contribution is -2.01. The molecule has 0 amide bonds. The molecule has 8 heteroatoms. The molecule has 0 aliphatic rings.